The van der Waals surface area contributed by atoms with Crippen LogP contribution in [0.25, 0.3) is 27.5 Å². The summed E-state index contributed by atoms with van der Waals surface area (Å²) < 4.78 is 1.80. The van der Waals surface area contributed by atoms with Crippen LogP contribution in [0.1, 0.15) is 17.0 Å². The van der Waals surface area contributed by atoms with Crippen molar-refractivity contribution < 1.29 is 4.92 Å². The summed E-state index contributed by atoms with van der Waals surface area (Å²) in [7, 11) is 0. The lowest BCUT2D eigenvalue weighted by Gasteiger charge is -2.06. The second kappa shape index (κ2) is 8.84. The molecule has 172 valence electrons. The van der Waals surface area contributed by atoms with Crippen LogP contribution < -0.4 is 0 Å². The highest BCUT2D eigenvalue weighted by atomic mass is 32.2. The first-order valence-electron chi connectivity index (χ1n) is 11.2. The van der Waals surface area contributed by atoms with Gasteiger partial charge < -0.3 is 4.98 Å². The standard InChI is InChI=1S/C26H20N6O2S/c33-32(34)19-7-5-6-17(14-19)16-35-26-28-23-11-4-2-9-21(23)25-29-24(30-31(25)26)13-12-18-15-27-22-10-3-1-8-20(18)22/h1-11,14-15,27H,12-13,16H2. The van der Waals surface area contributed by atoms with Gasteiger partial charge in [0, 0.05) is 46.8 Å². The zero-order valence-corrected chi connectivity index (χ0v) is 19.4. The largest absolute Gasteiger partial charge is 0.361 e. The van der Waals surface area contributed by atoms with Crippen LogP contribution >= 0.6 is 11.8 Å². The zero-order chi connectivity index (χ0) is 23.8. The van der Waals surface area contributed by atoms with Gasteiger partial charge in [-0.15, -0.1) is 5.10 Å². The van der Waals surface area contributed by atoms with Crippen LogP contribution in [0.3, 0.4) is 0 Å². The normalized spacial score (nSPS) is 11.5. The van der Waals surface area contributed by atoms with Gasteiger partial charge in [0.2, 0.25) is 0 Å². The highest BCUT2D eigenvalue weighted by Gasteiger charge is 2.15. The molecule has 0 aliphatic heterocycles. The minimum atomic E-state index is -0.377. The molecule has 0 aliphatic carbocycles. The molecule has 0 fully saturated rings. The number of nitro groups is 1. The maximum atomic E-state index is 11.1. The van der Waals surface area contributed by atoms with Crippen molar-refractivity contribution in [3.8, 4) is 0 Å². The van der Waals surface area contributed by atoms with E-state index in [1.165, 1.54) is 28.8 Å². The number of hydrogen-bond donors (Lipinski definition) is 1. The number of para-hydroxylation sites is 2. The molecule has 6 rings (SSSR count). The number of non-ortho nitro benzene ring substituents is 1. The van der Waals surface area contributed by atoms with Gasteiger partial charge in [-0.25, -0.2) is 9.97 Å². The Morgan fingerprint density at radius 1 is 0.943 bits per heavy atom. The lowest BCUT2D eigenvalue weighted by molar-refractivity contribution is -0.384. The van der Waals surface area contributed by atoms with E-state index in [0.717, 1.165) is 39.9 Å². The monoisotopic (exact) mass is 480 g/mol. The maximum absolute atomic E-state index is 11.1. The lowest BCUT2D eigenvalue weighted by Crippen LogP contribution is -1.99. The van der Waals surface area contributed by atoms with Crippen molar-refractivity contribution in [3.05, 3.63) is 106 Å². The van der Waals surface area contributed by atoms with Gasteiger partial charge in [-0.3, -0.25) is 10.1 Å². The van der Waals surface area contributed by atoms with Gasteiger partial charge in [0.05, 0.1) is 10.4 Å². The topological polar surface area (TPSA) is 102 Å². The number of hydrogen-bond acceptors (Lipinski definition) is 6. The van der Waals surface area contributed by atoms with E-state index in [2.05, 4.69) is 23.3 Å². The molecule has 0 saturated heterocycles. The number of fused-ring (bicyclic) bond motifs is 4. The Bertz CT molecular complexity index is 1710. The summed E-state index contributed by atoms with van der Waals surface area (Å²) in [5, 5.41) is 18.8. The summed E-state index contributed by atoms with van der Waals surface area (Å²) in [6.45, 7) is 0. The van der Waals surface area contributed by atoms with Crippen molar-refractivity contribution in [1.29, 1.82) is 0 Å². The van der Waals surface area contributed by atoms with E-state index in [9.17, 15) is 10.1 Å². The molecule has 9 heteroatoms. The molecule has 1 N–H and O–H groups in total. The summed E-state index contributed by atoms with van der Waals surface area (Å²) >= 11 is 1.49. The van der Waals surface area contributed by atoms with Crippen molar-refractivity contribution in [2.75, 3.05) is 0 Å². The Balaban J connectivity index is 1.32. The number of nitrogens with one attached hydrogen (secondary N) is 1. The molecule has 6 aromatic rings. The summed E-state index contributed by atoms with van der Waals surface area (Å²) in [6, 6.07) is 22.8. The Morgan fingerprint density at radius 2 is 1.77 bits per heavy atom. The fraction of sp³-hybridized carbons (Fsp3) is 0.115. The molecule has 0 radical (unpaired) electrons. The first-order chi connectivity index (χ1) is 17.2. The summed E-state index contributed by atoms with van der Waals surface area (Å²) in [4.78, 5) is 23.8. The molecule has 0 saturated carbocycles. The average molecular weight is 481 g/mol. The van der Waals surface area contributed by atoms with Gasteiger partial charge in [0.15, 0.2) is 16.6 Å². The maximum Gasteiger partial charge on any atom is 0.269 e. The Hall–Kier alpha value is -4.24. The SMILES string of the molecule is O=[N+]([O-])c1cccc(CSc2nc3ccccc3c3nc(CCc4c[nH]c5ccccc45)nn23)c1. The van der Waals surface area contributed by atoms with Gasteiger partial charge in [-0.1, -0.05) is 54.2 Å². The Kier molecular flexibility index (Phi) is 5.38. The number of aromatic amines is 1. The van der Waals surface area contributed by atoms with Crippen molar-refractivity contribution in [2.24, 2.45) is 0 Å². The smallest absolute Gasteiger partial charge is 0.269 e. The zero-order valence-electron chi connectivity index (χ0n) is 18.6. The van der Waals surface area contributed by atoms with Gasteiger partial charge in [-0.2, -0.15) is 4.52 Å². The van der Waals surface area contributed by atoms with E-state index >= 15 is 0 Å². The third-order valence-electron chi connectivity index (χ3n) is 5.98. The second-order valence-corrected chi connectivity index (χ2v) is 9.19. The Morgan fingerprint density at radius 3 is 2.66 bits per heavy atom. The molecule has 0 aliphatic rings. The third-order valence-corrected chi connectivity index (χ3v) is 6.98. The number of rotatable bonds is 7. The van der Waals surface area contributed by atoms with E-state index in [0.29, 0.717) is 17.3 Å². The molecule has 0 unspecified atom stereocenters. The number of benzene rings is 3. The van der Waals surface area contributed by atoms with Crippen LogP contribution in [0, 0.1) is 10.1 Å². The predicted molar refractivity (Wildman–Crippen MR) is 137 cm³/mol. The van der Waals surface area contributed by atoms with E-state index in [1.807, 2.05) is 42.5 Å². The molecule has 35 heavy (non-hydrogen) atoms. The number of thioether (sulfide) groups is 1. The number of nitrogens with zero attached hydrogens (tertiary/aromatic N) is 5. The Labute approximate surface area is 204 Å². The van der Waals surface area contributed by atoms with Crippen molar-refractivity contribution in [3.63, 3.8) is 0 Å². The molecular formula is C26H20N6O2S. The van der Waals surface area contributed by atoms with Crippen molar-refractivity contribution in [2.45, 2.75) is 23.8 Å². The van der Waals surface area contributed by atoms with Crippen LogP contribution in [0.15, 0.2) is 84.1 Å². The van der Waals surface area contributed by atoms with E-state index < -0.39 is 0 Å². The summed E-state index contributed by atoms with van der Waals surface area (Å²) in [5.74, 6) is 1.29. The molecule has 3 heterocycles. The van der Waals surface area contributed by atoms with E-state index in [-0.39, 0.29) is 10.6 Å². The number of nitro benzene ring substituents is 1. The highest BCUT2D eigenvalue weighted by Crippen LogP contribution is 2.28. The lowest BCUT2D eigenvalue weighted by atomic mass is 10.1. The van der Waals surface area contributed by atoms with E-state index in [1.54, 1.807) is 16.6 Å². The minimum absolute atomic E-state index is 0.0834. The third kappa shape index (κ3) is 4.10. The van der Waals surface area contributed by atoms with Gasteiger partial charge in [-0.05, 0) is 35.7 Å². The molecule has 3 aromatic carbocycles. The number of aryl methyl sites for hydroxylation is 2. The molecule has 8 nitrogen and oxygen atoms in total. The van der Waals surface area contributed by atoms with Gasteiger partial charge >= 0.3 is 0 Å². The highest BCUT2D eigenvalue weighted by molar-refractivity contribution is 7.98. The predicted octanol–water partition coefficient (Wildman–Crippen LogP) is 5.74. The minimum Gasteiger partial charge on any atom is -0.361 e. The van der Waals surface area contributed by atoms with Crippen molar-refractivity contribution >= 4 is 44.9 Å². The van der Waals surface area contributed by atoms with Crippen LogP contribution in [-0.4, -0.2) is 29.5 Å². The number of aromatic nitrogens is 5. The fourth-order valence-corrected chi connectivity index (χ4v) is 5.15. The molecule has 0 amide bonds. The van der Waals surface area contributed by atoms with Crippen LogP contribution in [0.2, 0.25) is 0 Å². The quantitative estimate of drug-likeness (QED) is 0.135. The average Bonchev–Trinajstić information content (AvgIpc) is 3.51. The molecule has 0 bridgehead atoms. The molecule has 0 spiro atoms. The second-order valence-electron chi connectivity index (χ2n) is 8.25. The van der Waals surface area contributed by atoms with Crippen molar-refractivity contribution in [1.82, 2.24) is 24.6 Å². The summed E-state index contributed by atoms with van der Waals surface area (Å²) in [6.07, 6.45) is 3.58. The summed E-state index contributed by atoms with van der Waals surface area (Å²) in [5.41, 5.74) is 4.92. The van der Waals surface area contributed by atoms with Gasteiger partial charge in [0.25, 0.3) is 5.69 Å². The molecular weight excluding hydrogens is 460 g/mol. The van der Waals surface area contributed by atoms with E-state index in [4.69, 9.17) is 15.1 Å². The van der Waals surface area contributed by atoms with Gasteiger partial charge in [0.1, 0.15) is 0 Å². The molecule has 0 atom stereocenters. The first kappa shape index (κ1) is 21.3. The fourth-order valence-electron chi connectivity index (χ4n) is 4.27. The van der Waals surface area contributed by atoms with Crippen LogP contribution in [0.5, 0.6) is 0 Å². The first-order valence-corrected chi connectivity index (χ1v) is 12.2. The van der Waals surface area contributed by atoms with Crippen LogP contribution in [0.4, 0.5) is 5.69 Å². The number of H-pyrrole nitrogens is 1. The van der Waals surface area contributed by atoms with Crippen LogP contribution in [-0.2, 0) is 18.6 Å². The molecule has 3 aromatic heterocycles.